The van der Waals surface area contributed by atoms with Crippen molar-refractivity contribution in [1.29, 1.82) is 0 Å². The van der Waals surface area contributed by atoms with E-state index in [0.717, 1.165) is 64.2 Å². The molecule has 4 nitrogen and oxygen atoms in total. The minimum absolute atomic E-state index is 0.223. The maximum atomic E-state index is 12.5. The molecule has 0 bridgehead atoms. The van der Waals surface area contributed by atoms with Crippen LogP contribution >= 0.6 is 0 Å². The van der Waals surface area contributed by atoms with E-state index in [1.54, 1.807) is 0 Å². The van der Waals surface area contributed by atoms with E-state index in [1.807, 2.05) is 0 Å². The molecule has 0 atom stereocenters. The fraction of sp³-hybridized carbons (Fsp3) is 0.939. The maximum Gasteiger partial charge on any atom is 0.309 e. The number of rotatable bonds is 30. The number of carboxylic acids is 2. The van der Waals surface area contributed by atoms with Gasteiger partial charge in [-0.05, 0) is 25.7 Å². The van der Waals surface area contributed by atoms with Crippen molar-refractivity contribution in [2.45, 2.75) is 194 Å². The van der Waals surface area contributed by atoms with E-state index in [2.05, 4.69) is 13.8 Å². The van der Waals surface area contributed by atoms with Crippen LogP contribution in [0.25, 0.3) is 0 Å². The highest BCUT2D eigenvalue weighted by Crippen LogP contribution is 2.38. The second-order valence-corrected chi connectivity index (χ2v) is 11.8. The van der Waals surface area contributed by atoms with E-state index in [0.29, 0.717) is 6.42 Å². The standard InChI is InChI=1S/C33H64O4/c1-3-5-7-9-11-13-15-17-20-24-28-33(32(36)37,30-26-22-19-23-27-31(34)35)29-25-21-18-16-14-12-10-8-6-4-2/h3-30H2,1-2H3,(H,34,35)(H,36,37). The van der Waals surface area contributed by atoms with Gasteiger partial charge < -0.3 is 10.2 Å². The lowest BCUT2D eigenvalue weighted by Crippen LogP contribution is -2.31. The lowest BCUT2D eigenvalue weighted by Gasteiger charge is -2.30. The number of hydrogen-bond donors (Lipinski definition) is 2. The van der Waals surface area contributed by atoms with E-state index in [-0.39, 0.29) is 6.42 Å². The van der Waals surface area contributed by atoms with Crippen molar-refractivity contribution in [1.82, 2.24) is 0 Å². The summed E-state index contributed by atoms with van der Waals surface area (Å²) in [6.45, 7) is 4.51. The lowest BCUT2D eigenvalue weighted by atomic mass is 9.74. The summed E-state index contributed by atoms with van der Waals surface area (Å²) in [5.74, 6) is -1.33. The molecule has 0 aromatic rings. The Morgan fingerprint density at radius 1 is 0.432 bits per heavy atom. The largest absolute Gasteiger partial charge is 0.481 e. The molecule has 0 radical (unpaired) electrons. The van der Waals surface area contributed by atoms with Gasteiger partial charge in [-0.2, -0.15) is 0 Å². The van der Waals surface area contributed by atoms with Gasteiger partial charge in [0.1, 0.15) is 0 Å². The molecule has 0 aliphatic heterocycles. The van der Waals surface area contributed by atoms with Gasteiger partial charge >= 0.3 is 11.9 Å². The molecule has 0 aliphatic rings. The van der Waals surface area contributed by atoms with Crippen LogP contribution in [0.4, 0.5) is 0 Å². The number of aliphatic carboxylic acids is 2. The van der Waals surface area contributed by atoms with Crippen LogP contribution in [-0.4, -0.2) is 22.2 Å². The SMILES string of the molecule is CCCCCCCCCCCCC(CCCCCCCCCCCC)(CCCCCCC(=O)O)C(=O)O. The van der Waals surface area contributed by atoms with Gasteiger partial charge in [-0.25, -0.2) is 0 Å². The van der Waals surface area contributed by atoms with Crippen LogP contribution in [0, 0.1) is 5.41 Å². The summed E-state index contributed by atoms with van der Waals surface area (Å²) in [6, 6.07) is 0. The van der Waals surface area contributed by atoms with Gasteiger partial charge in [-0.15, -0.1) is 0 Å². The summed E-state index contributed by atoms with van der Waals surface area (Å²) < 4.78 is 0. The van der Waals surface area contributed by atoms with Crippen molar-refractivity contribution in [3.8, 4) is 0 Å². The van der Waals surface area contributed by atoms with Crippen LogP contribution in [-0.2, 0) is 9.59 Å². The maximum absolute atomic E-state index is 12.5. The number of hydrogen-bond acceptors (Lipinski definition) is 2. The zero-order valence-electron chi connectivity index (χ0n) is 25.0. The highest BCUT2D eigenvalue weighted by Gasteiger charge is 2.36. The fourth-order valence-corrected chi connectivity index (χ4v) is 5.69. The molecule has 0 aliphatic carbocycles. The first kappa shape index (κ1) is 35.9. The molecule has 37 heavy (non-hydrogen) atoms. The third-order valence-electron chi connectivity index (χ3n) is 8.27. The first-order valence-corrected chi connectivity index (χ1v) is 16.4. The molecular formula is C33H64O4. The molecule has 220 valence electrons. The minimum atomic E-state index is -0.734. The van der Waals surface area contributed by atoms with Gasteiger partial charge in [-0.3, -0.25) is 9.59 Å². The highest BCUT2D eigenvalue weighted by atomic mass is 16.4. The van der Waals surface area contributed by atoms with Crippen LogP contribution in [0.1, 0.15) is 194 Å². The molecule has 0 aromatic heterocycles. The van der Waals surface area contributed by atoms with E-state index in [1.165, 1.54) is 103 Å². The lowest BCUT2D eigenvalue weighted by molar-refractivity contribution is -0.150. The topological polar surface area (TPSA) is 74.6 Å². The van der Waals surface area contributed by atoms with Crippen LogP contribution in [0.3, 0.4) is 0 Å². The summed E-state index contributed by atoms with van der Waals surface area (Å²) >= 11 is 0. The third kappa shape index (κ3) is 22.6. The molecule has 0 amide bonds. The Hall–Kier alpha value is -1.06. The van der Waals surface area contributed by atoms with E-state index < -0.39 is 17.4 Å². The highest BCUT2D eigenvalue weighted by molar-refractivity contribution is 5.74. The van der Waals surface area contributed by atoms with Crippen molar-refractivity contribution in [2.75, 3.05) is 0 Å². The first-order chi connectivity index (χ1) is 18.0. The van der Waals surface area contributed by atoms with Crippen LogP contribution < -0.4 is 0 Å². The van der Waals surface area contributed by atoms with Gasteiger partial charge in [0.15, 0.2) is 0 Å². The van der Waals surface area contributed by atoms with Gasteiger partial charge in [0.25, 0.3) is 0 Å². The third-order valence-corrected chi connectivity index (χ3v) is 8.27. The minimum Gasteiger partial charge on any atom is -0.481 e. The van der Waals surface area contributed by atoms with Gasteiger partial charge in [0.05, 0.1) is 5.41 Å². The summed E-state index contributed by atoms with van der Waals surface area (Å²) in [7, 11) is 0. The zero-order chi connectivity index (χ0) is 27.5. The Morgan fingerprint density at radius 2 is 0.703 bits per heavy atom. The van der Waals surface area contributed by atoms with E-state index in [9.17, 15) is 14.7 Å². The number of unbranched alkanes of at least 4 members (excludes halogenated alkanes) is 21. The monoisotopic (exact) mass is 524 g/mol. The van der Waals surface area contributed by atoms with Gasteiger partial charge in [0, 0.05) is 6.42 Å². The van der Waals surface area contributed by atoms with Crippen molar-refractivity contribution in [3.63, 3.8) is 0 Å². The average molecular weight is 525 g/mol. The molecule has 0 saturated carbocycles. The molecule has 0 unspecified atom stereocenters. The van der Waals surface area contributed by atoms with E-state index >= 15 is 0 Å². The molecule has 0 aromatic carbocycles. The normalized spacial score (nSPS) is 11.7. The summed E-state index contributed by atoms with van der Waals surface area (Å²) in [5, 5.41) is 19.1. The van der Waals surface area contributed by atoms with Crippen molar-refractivity contribution in [3.05, 3.63) is 0 Å². The van der Waals surface area contributed by atoms with Crippen molar-refractivity contribution in [2.24, 2.45) is 5.41 Å². The van der Waals surface area contributed by atoms with Crippen LogP contribution in [0.15, 0.2) is 0 Å². The molecule has 0 spiro atoms. The Morgan fingerprint density at radius 3 is 0.973 bits per heavy atom. The number of carboxylic acid groups (broad SMARTS) is 2. The van der Waals surface area contributed by atoms with Gasteiger partial charge in [-0.1, -0.05) is 162 Å². The Kier molecular flexibility index (Phi) is 25.8. The van der Waals surface area contributed by atoms with Crippen molar-refractivity contribution >= 4 is 11.9 Å². The molecule has 2 N–H and O–H groups in total. The first-order valence-electron chi connectivity index (χ1n) is 16.4. The van der Waals surface area contributed by atoms with E-state index in [4.69, 9.17) is 5.11 Å². The molecular weight excluding hydrogens is 460 g/mol. The summed E-state index contributed by atoms with van der Waals surface area (Å²) in [5.41, 5.74) is -0.576. The van der Waals surface area contributed by atoms with Gasteiger partial charge in [0.2, 0.25) is 0 Å². The Bertz CT molecular complexity index is 492. The predicted octanol–water partition coefficient (Wildman–Crippen LogP) is 11.1. The molecule has 0 heterocycles. The second kappa shape index (κ2) is 26.5. The molecule has 0 rings (SSSR count). The quantitative estimate of drug-likeness (QED) is 0.0916. The summed E-state index contributed by atoms with van der Waals surface area (Å²) in [6.07, 6.45) is 31.5. The Labute approximate surface area is 230 Å². The van der Waals surface area contributed by atoms with Crippen LogP contribution in [0.5, 0.6) is 0 Å². The molecule has 0 fully saturated rings. The van der Waals surface area contributed by atoms with Crippen molar-refractivity contribution < 1.29 is 19.8 Å². The second-order valence-electron chi connectivity index (χ2n) is 11.8. The summed E-state index contributed by atoms with van der Waals surface area (Å²) in [4.78, 5) is 23.3. The zero-order valence-corrected chi connectivity index (χ0v) is 25.0. The number of carbonyl (C=O) groups is 2. The molecule has 0 saturated heterocycles. The Balaban J connectivity index is 4.41. The predicted molar refractivity (Wildman–Crippen MR) is 158 cm³/mol. The van der Waals surface area contributed by atoms with Crippen LogP contribution in [0.2, 0.25) is 0 Å². The smallest absolute Gasteiger partial charge is 0.309 e. The average Bonchev–Trinajstić information content (AvgIpc) is 2.87. The fourth-order valence-electron chi connectivity index (χ4n) is 5.69. The molecule has 4 heteroatoms.